The van der Waals surface area contributed by atoms with Crippen molar-refractivity contribution in [3.8, 4) is 44.5 Å². The SMILES string of the molecule is C1=CC2=CC=C3C=CC(c4cccc5c4ccc4ccccc45)=C4C=CC(=C1)C2C34.c1ccc2c(-c3cc4c5ccccc5ccc4c4ccccc34)cccc2c1.c1ccc2c(-c3cc4ccccc4c4c3ccc3ccccc34)cccc2c1.c1ccc2c(-c3cccc4c3ccc3c5ccccc5ccc43)cccc2c1.c1ccc2c(c1)ccc1c(-c3cccc4c3ccc3ccccc34)cccc12. The van der Waals surface area contributed by atoms with Gasteiger partial charge in [0.05, 0.1) is 0 Å². The maximum atomic E-state index is 2.39. The molecule has 0 radical (unpaired) electrons. The molecule has 0 fully saturated rings. The van der Waals surface area contributed by atoms with Crippen molar-refractivity contribution in [1.82, 2.24) is 0 Å². The van der Waals surface area contributed by atoms with Gasteiger partial charge in [0.15, 0.2) is 0 Å². The van der Waals surface area contributed by atoms with Gasteiger partial charge in [0.25, 0.3) is 0 Å². The topological polar surface area (TPSA) is 0 Å². The van der Waals surface area contributed by atoms with Crippen LogP contribution in [0.15, 0.2) is 568 Å². The van der Waals surface area contributed by atoms with Crippen LogP contribution in [-0.2, 0) is 0 Å². The van der Waals surface area contributed by atoms with Crippen molar-refractivity contribution in [2.24, 2.45) is 11.8 Å². The molecule has 0 saturated carbocycles. The van der Waals surface area contributed by atoms with Crippen LogP contribution in [0.4, 0.5) is 0 Å². The van der Waals surface area contributed by atoms with Gasteiger partial charge in [-0.2, -0.15) is 0 Å². The summed E-state index contributed by atoms with van der Waals surface area (Å²) in [5.41, 5.74) is 18.8. The van der Waals surface area contributed by atoms with E-state index >= 15 is 0 Å². The molecule has 2 atom stereocenters. The summed E-state index contributed by atoms with van der Waals surface area (Å²) in [5, 5.41) is 47.1. The predicted molar refractivity (Wildman–Crippen MR) is 615 cm³/mol. The molecule has 27 aromatic carbocycles. The van der Waals surface area contributed by atoms with Gasteiger partial charge in [-0.1, -0.05) is 534 Å². The van der Waals surface area contributed by atoms with Gasteiger partial charge in [0, 0.05) is 11.8 Å². The lowest BCUT2D eigenvalue weighted by Gasteiger charge is -2.40. The fraction of sp³-hybridized carbons (Fsp3) is 0.0141. The number of hydrogen-bond donors (Lipinski definition) is 0. The van der Waals surface area contributed by atoms with E-state index in [1.54, 1.807) is 0 Å². The lowest BCUT2D eigenvalue weighted by molar-refractivity contribution is 0.566. The highest BCUT2D eigenvalue weighted by Crippen LogP contribution is 2.53. The van der Waals surface area contributed by atoms with E-state index in [2.05, 4.69) is 546 Å². The maximum absolute atomic E-state index is 2.39. The van der Waals surface area contributed by atoms with Crippen LogP contribution in [0.2, 0.25) is 0 Å². The molecule has 2 unspecified atom stereocenters. The highest BCUT2D eigenvalue weighted by Gasteiger charge is 2.39. The Labute approximate surface area is 823 Å². The molecule has 0 N–H and O–H groups in total. The molecule has 142 heavy (non-hydrogen) atoms. The molecule has 0 amide bonds. The van der Waals surface area contributed by atoms with E-state index in [-0.39, 0.29) is 0 Å². The molecule has 0 heterocycles. The molecule has 0 saturated heterocycles. The number of allylic oxidation sites excluding steroid dienone is 14. The highest BCUT2D eigenvalue weighted by atomic mass is 14.4. The van der Waals surface area contributed by atoms with Crippen LogP contribution in [-0.4, -0.2) is 0 Å². The third-order valence-electron chi connectivity index (χ3n) is 30.5. The molecule has 0 spiro atoms. The normalized spacial score (nSPS) is 14.1. The number of benzene rings is 27. The Bertz CT molecular complexity index is 9950. The fourth-order valence-electron chi connectivity index (χ4n) is 23.9. The Morgan fingerprint density at radius 2 is 0.359 bits per heavy atom. The first-order valence-electron chi connectivity index (χ1n) is 49.6. The molecule has 0 heteroatoms. The summed E-state index contributed by atoms with van der Waals surface area (Å²) in [6, 6.07) is 179. The van der Waals surface area contributed by atoms with E-state index in [1.165, 1.54) is 272 Å². The molecule has 31 rings (SSSR count). The Hall–Kier alpha value is -18.2. The van der Waals surface area contributed by atoms with Crippen molar-refractivity contribution < 1.29 is 0 Å². The maximum Gasteiger partial charge on any atom is 0.0205 e. The van der Waals surface area contributed by atoms with Gasteiger partial charge in [-0.25, -0.2) is 0 Å². The fourth-order valence-corrected chi connectivity index (χ4v) is 23.9. The smallest absolute Gasteiger partial charge is 0.0205 e. The van der Waals surface area contributed by atoms with Crippen LogP contribution in [0, 0.1) is 11.8 Å². The van der Waals surface area contributed by atoms with Crippen molar-refractivity contribution >= 4 is 199 Å². The third kappa shape index (κ3) is 14.3. The largest absolute Gasteiger partial charge is 0.0617 e. The zero-order valence-corrected chi connectivity index (χ0v) is 78.1. The monoisotopic (exact) mass is 1800 g/mol. The first-order chi connectivity index (χ1) is 70.5. The summed E-state index contributed by atoms with van der Waals surface area (Å²) in [4.78, 5) is 0. The zero-order chi connectivity index (χ0) is 93.7. The minimum atomic E-state index is 0.418. The molecular formula is C142H92. The van der Waals surface area contributed by atoms with Crippen LogP contribution in [0.25, 0.3) is 244 Å². The Morgan fingerprint density at radius 3 is 0.810 bits per heavy atom. The third-order valence-corrected chi connectivity index (χ3v) is 30.5. The second-order valence-corrected chi connectivity index (χ2v) is 38.0. The molecule has 4 aliphatic rings. The molecule has 0 aliphatic heterocycles. The van der Waals surface area contributed by atoms with E-state index in [0.29, 0.717) is 11.8 Å². The molecular weight excluding hydrogens is 1710 g/mol. The van der Waals surface area contributed by atoms with Crippen molar-refractivity contribution in [3.63, 3.8) is 0 Å². The van der Waals surface area contributed by atoms with Gasteiger partial charge in [-0.05, 0) is 284 Å². The minimum absolute atomic E-state index is 0.418. The molecule has 0 nitrogen and oxygen atoms in total. The van der Waals surface area contributed by atoms with Crippen LogP contribution in [0.1, 0.15) is 5.56 Å². The number of rotatable bonds is 5. The lowest BCUT2D eigenvalue weighted by atomic mass is 9.63. The van der Waals surface area contributed by atoms with Gasteiger partial charge in [-0.3, -0.25) is 0 Å². The second kappa shape index (κ2) is 35.1. The average molecular weight is 1800 g/mol. The van der Waals surface area contributed by atoms with Crippen molar-refractivity contribution in [1.29, 1.82) is 0 Å². The van der Waals surface area contributed by atoms with E-state index < -0.39 is 0 Å². The highest BCUT2D eigenvalue weighted by molar-refractivity contribution is 6.28. The van der Waals surface area contributed by atoms with Crippen LogP contribution < -0.4 is 0 Å². The first kappa shape index (κ1) is 83.2. The molecule has 0 bridgehead atoms. The molecule has 27 aromatic rings. The van der Waals surface area contributed by atoms with Crippen LogP contribution >= 0.6 is 0 Å². The Balaban J connectivity index is 0.0000000888. The summed E-state index contributed by atoms with van der Waals surface area (Å²) < 4.78 is 0. The Morgan fingerprint density at radius 1 is 0.120 bits per heavy atom. The van der Waals surface area contributed by atoms with Gasteiger partial charge in [0.1, 0.15) is 0 Å². The molecule has 4 aliphatic carbocycles. The summed E-state index contributed by atoms with van der Waals surface area (Å²) in [6.45, 7) is 0. The van der Waals surface area contributed by atoms with Gasteiger partial charge in [0.2, 0.25) is 0 Å². The minimum Gasteiger partial charge on any atom is -0.0617 e. The quantitative estimate of drug-likeness (QED) is 0.151. The first-order valence-corrected chi connectivity index (χ1v) is 49.6. The summed E-state index contributed by atoms with van der Waals surface area (Å²) in [7, 11) is 0. The van der Waals surface area contributed by atoms with Crippen LogP contribution in [0.3, 0.4) is 0 Å². The average Bonchev–Trinajstić information content (AvgIpc) is 0.735. The van der Waals surface area contributed by atoms with E-state index in [4.69, 9.17) is 0 Å². The number of hydrogen-bond acceptors (Lipinski definition) is 0. The predicted octanol–water partition coefficient (Wildman–Crippen LogP) is 39.3. The summed E-state index contributed by atoms with van der Waals surface area (Å²) in [6.07, 6.45) is 20.7. The summed E-state index contributed by atoms with van der Waals surface area (Å²) in [5.74, 6) is 0.868. The van der Waals surface area contributed by atoms with Crippen molar-refractivity contribution in [3.05, 3.63) is 574 Å². The van der Waals surface area contributed by atoms with Gasteiger partial charge >= 0.3 is 0 Å². The van der Waals surface area contributed by atoms with Crippen LogP contribution in [0.5, 0.6) is 0 Å². The molecule has 0 aromatic heterocycles. The Kier molecular flexibility index (Phi) is 20.6. The van der Waals surface area contributed by atoms with Crippen molar-refractivity contribution in [2.45, 2.75) is 0 Å². The van der Waals surface area contributed by atoms with E-state index in [0.717, 1.165) is 0 Å². The van der Waals surface area contributed by atoms with E-state index in [1.807, 2.05) is 0 Å². The standard InChI is InChI=1S/C30H20.4C28H18/c1-2-8-23-19(5-1)13-16-26-24(23)9-4-10-25(26)27-17-14-22-12-11-20-6-3-7-21-15-18-28(27)30(22)29(20)21;1-4-12-22-19(8-1)11-7-15-25(22)27-18-21-10-3-6-14-24(21)28-23-13-5-2-9-20(23)16-17-26(27)28;1-3-10-21-19(7-1)9-5-12-23(21)24-13-6-14-25-27-16-15-20-8-2-4-11-22(20)26(27)17-18-28(24)25;1-3-9-21-19(7-1)15-17-27-23(21)11-5-13-25(27)26-14-6-12-24-22-10-4-2-8-20(22)16-18-28(24)26;1-3-11-21-19(8-1)10-7-15-23(21)28-18-27-22-12-4-2-9-20(22)16-17-26(27)24-13-5-6-14-25(24)28/h1-18,29-30H;4*1-18H. The zero-order valence-electron chi connectivity index (χ0n) is 78.1. The van der Waals surface area contributed by atoms with E-state index in [9.17, 15) is 0 Å². The van der Waals surface area contributed by atoms with Crippen molar-refractivity contribution in [2.75, 3.05) is 0 Å². The lowest BCUT2D eigenvalue weighted by Crippen LogP contribution is -2.29. The number of fused-ring (bicyclic) bond motifs is 27. The van der Waals surface area contributed by atoms with Gasteiger partial charge in [-0.15, -0.1) is 0 Å². The summed E-state index contributed by atoms with van der Waals surface area (Å²) >= 11 is 0. The second-order valence-electron chi connectivity index (χ2n) is 38.0. The molecule has 660 valence electrons. The van der Waals surface area contributed by atoms with Gasteiger partial charge < -0.3 is 0 Å².